The van der Waals surface area contributed by atoms with Crippen molar-refractivity contribution >= 4 is 31.9 Å². The summed E-state index contributed by atoms with van der Waals surface area (Å²) >= 11 is 1.40. The first-order valence-electron chi connectivity index (χ1n) is 9.84. The molecule has 0 aromatic carbocycles. The fraction of sp³-hybridized carbons (Fsp3) is 0.750. The largest absolute Gasteiger partial charge is 0.477 e. The van der Waals surface area contributed by atoms with Crippen molar-refractivity contribution in [1.82, 2.24) is 9.97 Å². The van der Waals surface area contributed by atoms with Gasteiger partial charge in [0.05, 0.1) is 17.8 Å². The van der Waals surface area contributed by atoms with Crippen molar-refractivity contribution < 1.29 is 14.3 Å². The van der Waals surface area contributed by atoms with Crippen LogP contribution in [0, 0.1) is 6.92 Å². The zero-order valence-corrected chi connectivity index (χ0v) is 20.7. The quantitative estimate of drug-likeness (QED) is 0.286. The van der Waals surface area contributed by atoms with Crippen molar-refractivity contribution in [3.63, 3.8) is 0 Å². The molecule has 28 heavy (non-hydrogen) atoms. The van der Waals surface area contributed by atoms with Crippen LogP contribution in [-0.2, 0) is 4.43 Å². The molecule has 0 aliphatic heterocycles. The van der Waals surface area contributed by atoms with Crippen molar-refractivity contribution in [1.29, 1.82) is 0 Å². The van der Waals surface area contributed by atoms with Gasteiger partial charge in [0.1, 0.15) is 11.4 Å². The summed E-state index contributed by atoms with van der Waals surface area (Å²) in [5.74, 6) is -0.641. The maximum Gasteiger partial charge on any atom is 0.341 e. The third-order valence-electron chi connectivity index (χ3n) is 5.53. The van der Waals surface area contributed by atoms with Crippen molar-refractivity contribution in [2.45, 2.75) is 89.6 Å². The predicted octanol–water partition coefficient (Wildman–Crippen LogP) is 5.59. The molecular formula is C20H37N3O3SSi. The average molecular weight is 428 g/mol. The lowest BCUT2D eigenvalue weighted by Crippen LogP contribution is -2.48. The Hall–Kier alpha value is -1.12. The molecule has 1 aromatic rings. The topological polar surface area (TPSA) is 84.3 Å². The van der Waals surface area contributed by atoms with Gasteiger partial charge in [-0.1, -0.05) is 52.3 Å². The number of carboxylic acid groups (broad SMARTS) is 1. The molecule has 1 heterocycles. The summed E-state index contributed by atoms with van der Waals surface area (Å²) in [5.41, 5.74) is 0.192. The number of carboxylic acids is 1. The van der Waals surface area contributed by atoms with Gasteiger partial charge in [-0.2, -0.15) is 0 Å². The van der Waals surface area contributed by atoms with Gasteiger partial charge in [-0.3, -0.25) is 0 Å². The number of aromatic nitrogens is 2. The Morgan fingerprint density at radius 1 is 1.25 bits per heavy atom. The number of unbranched alkanes of at least 4 members (excludes halogenated alkanes) is 1. The molecule has 0 amide bonds. The van der Waals surface area contributed by atoms with Gasteiger partial charge in [0.15, 0.2) is 13.5 Å². The highest BCUT2D eigenvalue weighted by atomic mass is 32.2. The summed E-state index contributed by atoms with van der Waals surface area (Å²) in [4.78, 5) is 20.6. The Labute approximate surface area is 175 Å². The van der Waals surface area contributed by atoms with Crippen molar-refractivity contribution in [2.24, 2.45) is 0 Å². The molecular weight excluding hydrogens is 390 g/mol. The number of nitrogens with zero attached hydrogens (tertiary/aromatic N) is 2. The summed E-state index contributed by atoms with van der Waals surface area (Å²) in [6.07, 6.45) is 4.83. The summed E-state index contributed by atoms with van der Waals surface area (Å²) in [5, 5.41) is 13.8. The van der Waals surface area contributed by atoms with Crippen molar-refractivity contribution in [2.75, 3.05) is 18.2 Å². The monoisotopic (exact) mass is 427 g/mol. The van der Waals surface area contributed by atoms with E-state index in [0.717, 1.165) is 19.3 Å². The molecule has 1 rings (SSSR count). The standard InChI is InChI=1S/C20H37N3O3SSi/c1-10-11-12-20(6,13-26-28(8,9)19(3,4)5)23-16-15(17(24)25)14(2)21-18(22-16)27-7/h10-13H2,1-9H3,(H,24,25)(H,21,22,23). The third kappa shape index (κ3) is 6.45. The van der Waals surface area contributed by atoms with Crippen LogP contribution in [0.4, 0.5) is 5.82 Å². The number of aryl methyl sites for hydroxylation is 1. The van der Waals surface area contributed by atoms with Crippen LogP contribution in [0.2, 0.25) is 18.1 Å². The second kappa shape index (κ2) is 9.58. The van der Waals surface area contributed by atoms with Gasteiger partial charge in [0.25, 0.3) is 0 Å². The molecule has 0 saturated heterocycles. The molecule has 0 radical (unpaired) electrons. The minimum Gasteiger partial charge on any atom is -0.477 e. The maximum absolute atomic E-state index is 11.8. The van der Waals surface area contributed by atoms with Gasteiger partial charge in [0, 0.05) is 0 Å². The molecule has 0 fully saturated rings. The van der Waals surface area contributed by atoms with E-state index in [9.17, 15) is 9.90 Å². The Morgan fingerprint density at radius 3 is 2.32 bits per heavy atom. The lowest BCUT2D eigenvalue weighted by atomic mass is 9.95. The molecule has 1 unspecified atom stereocenters. The van der Waals surface area contributed by atoms with Crippen molar-refractivity contribution in [3.8, 4) is 0 Å². The first-order valence-corrected chi connectivity index (χ1v) is 14.0. The molecule has 2 N–H and O–H groups in total. The van der Waals surface area contributed by atoms with E-state index in [1.54, 1.807) is 6.92 Å². The van der Waals surface area contributed by atoms with E-state index in [4.69, 9.17) is 4.43 Å². The fourth-order valence-corrected chi connectivity index (χ4v) is 4.09. The molecule has 1 aromatic heterocycles. The lowest BCUT2D eigenvalue weighted by Gasteiger charge is -2.40. The van der Waals surface area contributed by atoms with Crippen LogP contribution >= 0.6 is 11.8 Å². The van der Waals surface area contributed by atoms with Crippen LogP contribution in [0.5, 0.6) is 0 Å². The molecule has 0 aliphatic rings. The highest BCUT2D eigenvalue weighted by Gasteiger charge is 2.39. The second-order valence-electron chi connectivity index (χ2n) is 9.16. The maximum atomic E-state index is 11.8. The normalized spacial score (nSPS) is 14.6. The van der Waals surface area contributed by atoms with E-state index >= 15 is 0 Å². The number of aromatic carboxylic acids is 1. The van der Waals surface area contributed by atoms with Crippen LogP contribution in [0.15, 0.2) is 5.16 Å². The van der Waals surface area contributed by atoms with Crippen LogP contribution in [0.1, 0.15) is 69.9 Å². The molecule has 1 atom stereocenters. The zero-order valence-electron chi connectivity index (χ0n) is 18.9. The first kappa shape index (κ1) is 24.9. The molecule has 6 nitrogen and oxygen atoms in total. The highest BCUT2D eigenvalue weighted by molar-refractivity contribution is 7.98. The molecule has 0 aliphatic carbocycles. The molecule has 8 heteroatoms. The smallest absolute Gasteiger partial charge is 0.341 e. The predicted molar refractivity (Wildman–Crippen MR) is 120 cm³/mol. The van der Waals surface area contributed by atoms with E-state index in [0.29, 0.717) is 23.3 Å². The third-order valence-corrected chi connectivity index (χ3v) is 10.6. The van der Waals surface area contributed by atoms with E-state index in [1.807, 2.05) is 6.26 Å². The van der Waals surface area contributed by atoms with Crippen LogP contribution in [0.3, 0.4) is 0 Å². The van der Waals surface area contributed by atoms with Crippen molar-refractivity contribution in [3.05, 3.63) is 11.3 Å². The van der Waals surface area contributed by atoms with Crippen LogP contribution in [-0.4, -0.2) is 47.8 Å². The number of hydrogen-bond acceptors (Lipinski definition) is 6. The number of nitrogens with one attached hydrogen (secondary N) is 1. The van der Waals surface area contributed by atoms with Gasteiger partial charge in [-0.25, -0.2) is 14.8 Å². The van der Waals surface area contributed by atoms with Gasteiger partial charge in [-0.15, -0.1) is 0 Å². The number of thioether (sulfide) groups is 1. The Bertz CT molecular complexity index is 692. The summed E-state index contributed by atoms with van der Waals surface area (Å²) in [6.45, 7) is 17.6. The molecule has 160 valence electrons. The molecule has 0 saturated carbocycles. The fourth-order valence-electron chi connectivity index (χ4n) is 2.56. The Morgan fingerprint density at radius 2 is 1.86 bits per heavy atom. The second-order valence-corrected chi connectivity index (χ2v) is 14.7. The number of carbonyl (C=O) groups is 1. The average Bonchev–Trinajstić information content (AvgIpc) is 2.56. The highest BCUT2D eigenvalue weighted by Crippen LogP contribution is 2.37. The van der Waals surface area contributed by atoms with E-state index in [2.05, 4.69) is 63.0 Å². The minimum atomic E-state index is -1.93. The number of anilines is 1. The minimum absolute atomic E-state index is 0.114. The van der Waals surface area contributed by atoms with E-state index < -0.39 is 19.8 Å². The number of rotatable bonds is 10. The summed E-state index contributed by atoms with van der Waals surface area (Å²) in [7, 11) is -1.93. The number of hydrogen-bond donors (Lipinski definition) is 2. The summed E-state index contributed by atoms with van der Waals surface area (Å²) < 4.78 is 6.50. The van der Waals surface area contributed by atoms with Crippen LogP contribution in [0.25, 0.3) is 0 Å². The SMILES string of the molecule is CCCCC(C)(CO[Si](C)(C)C(C)(C)C)Nc1nc(SC)nc(C)c1C(=O)O. The van der Waals surface area contributed by atoms with Crippen LogP contribution < -0.4 is 5.32 Å². The summed E-state index contributed by atoms with van der Waals surface area (Å²) in [6, 6.07) is 0. The first-order chi connectivity index (χ1) is 12.8. The Balaban J connectivity index is 3.25. The molecule has 0 spiro atoms. The van der Waals surface area contributed by atoms with E-state index in [-0.39, 0.29) is 10.6 Å². The van der Waals surface area contributed by atoms with Gasteiger partial charge in [0.2, 0.25) is 0 Å². The van der Waals surface area contributed by atoms with Gasteiger partial charge in [-0.05, 0) is 44.7 Å². The Kier molecular flexibility index (Phi) is 8.53. The molecule has 0 bridgehead atoms. The van der Waals surface area contributed by atoms with Gasteiger partial charge < -0.3 is 14.8 Å². The van der Waals surface area contributed by atoms with E-state index in [1.165, 1.54) is 11.8 Å². The van der Waals surface area contributed by atoms with Gasteiger partial charge >= 0.3 is 5.97 Å². The zero-order chi connectivity index (χ0) is 21.8. The lowest BCUT2D eigenvalue weighted by molar-refractivity contribution is 0.0695.